The number of aromatic hydroxyl groups is 1. The summed E-state index contributed by atoms with van der Waals surface area (Å²) in [6, 6.07) is 5.32. The largest absolute Gasteiger partial charge is 0.506 e. The molecule has 0 heterocycles. The van der Waals surface area contributed by atoms with Crippen molar-refractivity contribution in [2.45, 2.75) is 50.7 Å². The van der Waals surface area contributed by atoms with E-state index in [1.807, 2.05) is 12.1 Å². The molecule has 1 aromatic carbocycles. The number of hydrogen-bond donors (Lipinski definition) is 3. The monoisotopic (exact) mass is 283 g/mol. The molecule has 2 rings (SSSR count). The lowest BCUT2D eigenvalue weighted by molar-refractivity contribution is 0.0250. The summed E-state index contributed by atoms with van der Waals surface area (Å²) < 4.78 is 0. The van der Waals surface area contributed by atoms with Crippen LogP contribution in [0.15, 0.2) is 18.2 Å². The van der Waals surface area contributed by atoms with Crippen LogP contribution in [-0.4, -0.2) is 22.4 Å². The van der Waals surface area contributed by atoms with Crippen LogP contribution in [0, 0.1) is 0 Å². The summed E-state index contributed by atoms with van der Waals surface area (Å²) >= 11 is 5.86. The van der Waals surface area contributed by atoms with Crippen LogP contribution in [0.3, 0.4) is 0 Å². The predicted molar refractivity (Wildman–Crippen MR) is 77.5 cm³/mol. The maximum atomic E-state index is 10.5. The molecule has 3 N–H and O–H groups in total. The van der Waals surface area contributed by atoms with E-state index in [0.29, 0.717) is 18.1 Å². The summed E-state index contributed by atoms with van der Waals surface area (Å²) in [6.45, 7) is 1.09. The van der Waals surface area contributed by atoms with Crippen molar-refractivity contribution in [2.24, 2.45) is 0 Å². The Morgan fingerprint density at radius 1 is 1.16 bits per heavy atom. The van der Waals surface area contributed by atoms with Gasteiger partial charge in [0, 0.05) is 18.7 Å². The number of aliphatic hydroxyl groups is 1. The quantitative estimate of drug-likeness (QED) is 0.744. The van der Waals surface area contributed by atoms with Crippen LogP contribution >= 0.6 is 11.6 Å². The maximum absolute atomic E-state index is 10.5. The lowest BCUT2D eigenvalue weighted by atomic mass is 9.94. The number of rotatable bonds is 4. The molecule has 0 aliphatic heterocycles. The predicted octanol–water partition coefficient (Wildman–Crippen LogP) is 3.22. The maximum Gasteiger partial charge on any atom is 0.138 e. The fourth-order valence-corrected chi connectivity index (χ4v) is 2.89. The van der Waals surface area contributed by atoms with E-state index in [1.165, 1.54) is 12.8 Å². The molecule has 0 radical (unpaired) electrons. The minimum atomic E-state index is -0.593. The minimum absolute atomic E-state index is 0.129. The molecule has 0 saturated heterocycles. The first-order valence-electron chi connectivity index (χ1n) is 7.00. The molecule has 0 bridgehead atoms. The number of halogens is 1. The second-order valence-corrected chi connectivity index (χ2v) is 5.90. The van der Waals surface area contributed by atoms with Gasteiger partial charge in [-0.05, 0) is 18.9 Å². The third-order valence-electron chi connectivity index (χ3n) is 3.87. The van der Waals surface area contributed by atoms with Gasteiger partial charge in [0.1, 0.15) is 5.75 Å². The first-order chi connectivity index (χ1) is 9.11. The first kappa shape index (κ1) is 14.6. The van der Waals surface area contributed by atoms with Gasteiger partial charge >= 0.3 is 0 Å². The number of phenolic OH excluding ortho intramolecular Hbond substituents is 1. The Balaban J connectivity index is 1.87. The smallest absolute Gasteiger partial charge is 0.138 e. The summed E-state index contributed by atoms with van der Waals surface area (Å²) in [7, 11) is 0. The molecule has 4 heteroatoms. The van der Waals surface area contributed by atoms with Crippen LogP contribution < -0.4 is 5.32 Å². The molecule has 1 saturated carbocycles. The Morgan fingerprint density at radius 2 is 1.84 bits per heavy atom. The molecule has 0 amide bonds. The normalized spacial score (nSPS) is 19.1. The second kappa shape index (κ2) is 6.60. The number of phenols is 1. The highest BCUT2D eigenvalue weighted by atomic mass is 35.5. The molecule has 1 aliphatic rings. The molecule has 106 valence electrons. The SMILES string of the molecule is Oc1c(Cl)cccc1CNCC1(O)CCCCCC1. The number of hydrogen-bond acceptors (Lipinski definition) is 3. The Kier molecular flexibility index (Phi) is 5.08. The van der Waals surface area contributed by atoms with Crippen LogP contribution in [0.5, 0.6) is 5.75 Å². The van der Waals surface area contributed by atoms with Crippen LogP contribution in [0.1, 0.15) is 44.1 Å². The van der Waals surface area contributed by atoms with Crippen LogP contribution in [0.4, 0.5) is 0 Å². The molecule has 19 heavy (non-hydrogen) atoms. The Bertz CT molecular complexity index is 415. The molecule has 0 aromatic heterocycles. The molecule has 1 fully saturated rings. The van der Waals surface area contributed by atoms with Crippen molar-refractivity contribution in [1.82, 2.24) is 5.32 Å². The second-order valence-electron chi connectivity index (χ2n) is 5.49. The molecule has 1 aromatic rings. The zero-order valence-electron chi connectivity index (χ0n) is 11.2. The van der Waals surface area contributed by atoms with Crippen LogP contribution in [-0.2, 0) is 6.54 Å². The van der Waals surface area contributed by atoms with Gasteiger partial charge in [-0.2, -0.15) is 0 Å². The Labute approximate surface area is 119 Å². The van der Waals surface area contributed by atoms with Gasteiger partial charge in [0.2, 0.25) is 0 Å². The van der Waals surface area contributed by atoms with Crippen molar-refractivity contribution >= 4 is 11.6 Å². The number of para-hydroxylation sites is 1. The zero-order valence-corrected chi connectivity index (χ0v) is 11.9. The van der Waals surface area contributed by atoms with Gasteiger partial charge in [-0.1, -0.05) is 49.4 Å². The van der Waals surface area contributed by atoms with E-state index in [-0.39, 0.29) is 5.75 Å². The van der Waals surface area contributed by atoms with E-state index in [0.717, 1.165) is 31.2 Å². The molecular formula is C15H22ClNO2. The Morgan fingerprint density at radius 3 is 2.53 bits per heavy atom. The van der Waals surface area contributed by atoms with E-state index >= 15 is 0 Å². The van der Waals surface area contributed by atoms with Crippen molar-refractivity contribution in [1.29, 1.82) is 0 Å². The number of benzene rings is 1. The van der Waals surface area contributed by atoms with E-state index in [1.54, 1.807) is 6.07 Å². The summed E-state index contributed by atoms with van der Waals surface area (Å²) in [6.07, 6.45) is 6.36. The molecular weight excluding hydrogens is 262 g/mol. The average Bonchev–Trinajstić information content (AvgIpc) is 2.60. The van der Waals surface area contributed by atoms with Crippen molar-refractivity contribution in [3.63, 3.8) is 0 Å². The first-order valence-corrected chi connectivity index (χ1v) is 7.38. The van der Waals surface area contributed by atoms with E-state index in [9.17, 15) is 10.2 Å². The number of nitrogens with one attached hydrogen (secondary N) is 1. The summed E-state index contributed by atoms with van der Waals surface area (Å²) in [5.41, 5.74) is 0.176. The van der Waals surface area contributed by atoms with Gasteiger partial charge < -0.3 is 15.5 Å². The minimum Gasteiger partial charge on any atom is -0.506 e. The van der Waals surface area contributed by atoms with Crippen molar-refractivity contribution in [3.05, 3.63) is 28.8 Å². The van der Waals surface area contributed by atoms with Crippen LogP contribution in [0.25, 0.3) is 0 Å². The third-order valence-corrected chi connectivity index (χ3v) is 4.18. The zero-order chi connectivity index (χ0) is 13.7. The van der Waals surface area contributed by atoms with Gasteiger partial charge in [0.15, 0.2) is 0 Å². The van der Waals surface area contributed by atoms with Crippen molar-refractivity contribution in [3.8, 4) is 5.75 Å². The van der Waals surface area contributed by atoms with Gasteiger partial charge in [0.05, 0.1) is 10.6 Å². The van der Waals surface area contributed by atoms with E-state index in [4.69, 9.17) is 11.6 Å². The standard InChI is InChI=1S/C15H22ClNO2/c16-13-7-5-6-12(14(13)18)10-17-11-15(19)8-3-1-2-4-9-15/h5-7,17-19H,1-4,8-11H2. The highest BCUT2D eigenvalue weighted by Crippen LogP contribution is 2.28. The van der Waals surface area contributed by atoms with E-state index < -0.39 is 5.60 Å². The summed E-state index contributed by atoms with van der Waals surface area (Å²) in [4.78, 5) is 0. The third kappa shape index (κ3) is 4.10. The van der Waals surface area contributed by atoms with Crippen molar-refractivity contribution < 1.29 is 10.2 Å². The highest BCUT2D eigenvalue weighted by molar-refractivity contribution is 6.32. The van der Waals surface area contributed by atoms with E-state index in [2.05, 4.69) is 5.32 Å². The molecule has 0 spiro atoms. The lowest BCUT2D eigenvalue weighted by Crippen LogP contribution is -2.39. The van der Waals surface area contributed by atoms with Gasteiger partial charge in [-0.3, -0.25) is 0 Å². The van der Waals surface area contributed by atoms with Gasteiger partial charge in [-0.25, -0.2) is 0 Å². The molecule has 0 atom stereocenters. The highest BCUT2D eigenvalue weighted by Gasteiger charge is 2.27. The molecule has 0 unspecified atom stereocenters. The topological polar surface area (TPSA) is 52.5 Å². The lowest BCUT2D eigenvalue weighted by Gasteiger charge is -2.27. The Hall–Kier alpha value is -0.770. The summed E-state index contributed by atoms with van der Waals surface area (Å²) in [5, 5.41) is 23.9. The molecule has 1 aliphatic carbocycles. The summed E-state index contributed by atoms with van der Waals surface area (Å²) in [5.74, 6) is 0.129. The van der Waals surface area contributed by atoms with Gasteiger partial charge in [-0.15, -0.1) is 0 Å². The van der Waals surface area contributed by atoms with Crippen molar-refractivity contribution in [2.75, 3.05) is 6.54 Å². The molecule has 3 nitrogen and oxygen atoms in total. The average molecular weight is 284 g/mol. The fraction of sp³-hybridized carbons (Fsp3) is 0.600. The van der Waals surface area contributed by atoms with Gasteiger partial charge in [0.25, 0.3) is 0 Å². The fourth-order valence-electron chi connectivity index (χ4n) is 2.70. The van der Waals surface area contributed by atoms with Crippen LogP contribution in [0.2, 0.25) is 5.02 Å².